The number of aromatic carboxylic acids is 1. The van der Waals surface area contributed by atoms with Crippen molar-refractivity contribution in [3.05, 3.63) is 29.3 Å². The van der Waals surface area contributed by atoms with Crippen molar-refractivity contribution in [2.75, 3.05) is 18.0 Å². The first-order valence-corrected chi connectivity index (χ1v) is 6.46. The lowest BCUT2D eigenvalue weighted by Gasteiger charge is -2.17. The lowest BCUT2D eigenvalue weighted by atomic mass is 10.1. The quantitative estimate of drug-likeness (QED) is 0.832. The Kier molecular flexibility index (Phi) is 4.02. The monoisotopic (exact) mass is 276 g/mol. The standard InChI is InChI=1S/C14H16N2O4/c1-2-15-12(17)5-6-16-11-4-3-9(14(19)20)7-10(11)8-13(16)18/h3-4,7H,2,5-6,8H2,1H3,(H,15,17)(H,19,20). The maximum absolute atomic E-state index is 11.9. The van der Waals surface area contributed by atoms with Gasteiger partial charge in [-0.25, -0.2) is 4.79 Å². The average molecular weight is 276 g/mol. The fourth-order valence-electron chi connectivity index (χ4n) is 2.26. The third-order valence-corrected chi connectivity index (χ3v) is 3.20. The molecule has 2 amide bonds. The van der Waals surface area contributed by atoms with Crippen LogP contribution in [-0.2, 0) is 16.0 Å². The molecule has 0 saturated carbocycles. The van der Waals surface area contributed by atoms with E-state index in [0.717, 1.165) is 0 Å². The maximum Gasteiger partial charge on any atom is 0.335 e. The molecule has 1 aromatic rings. The molecule has 1 aliphatic rings. The Morgan fingerprint density at radius 3 is 2.80 bits per heavy atom. The lowest BCUT2D eigenvalue weighted by molar-refractivity contribution is -0.121. The van der Waals surface area contributed by atoms with Crippen LogP contribution in [-0.4, -0.2) is 36.0 Å². The summed E-state index contributed by atoms with van der Waals surface area (Å²) < 4.78 is 0. The fourth-order valence-corrected chi connectivity index (χ4v) is 2.26. The summed E-state index contributed by atoms with van der Waals surface area (Å²) in [5.74, 6) is -1.22. The summed E-state index contributed by atoms with van der Waals surface area (Å²) >= 11 is 0. The molecule has 0 radical (unpaired) electrons. The molecule has 1 aromatic carbocycles. The molecule has 106 valence electrons. The zero-order chi connectivity index (χ0) is 14.7. The molecule has 1 aliphatic heterocycles. The number of hydrogen-bond donors (Lipinski definition) is 2. The number of carboxylic acid groups (broad SMARTS) is 1. The van der Waals surface area contributed by atoms with Gasteiger partial charge in [-0.3, -0.25) is 9.59 Å². The number of rotatable bonds is 5. The highest BCUT2D eigenvalue weighted by atomic mass is 16.4. The normalized spacial score (nSPS) is 13.2. The summed E-state index contributed by atoms with van der Waals surface area (Å²) in [6.45, 7) is 2.71. The van der Waals surface area contributed by atoms with Gasteiger partial charge in [0, 0.05) is 25.2 Å². The van der Waals surface area contributed by atoms with Crippen LogP contribution in [0.4, 0.5) is 5.69 Å². The Morgan fingerprint density at radius 1 is 1.40 bits per heavy atom. The first kappa shape index (κ1) is 14.0. The highest BCUT2D eigenvalue weighted by molar-refractivity contribution is 6.03. The van der Waals surface area contributed by atoms with Gasteiger partial charge < -0.3 is 15.3 Å². The highest BCUT2D eigenvalue weighted by Gasteiger charge is 2.28. The van der Waals surface area contributed by atoms with Gasteiger partial charge in [-0.15, -0.1) is 0 Å². The summed E-state index contributed by atoms with van der Waals surface area (Å²) in [7, 11) is 0. The Morgan fingerprint density at radius 2 is 2.15 bits per heavy atom. The molecule has 2 N–H and O–H groups in total. The summed E-state index contributed by atoms with van der Waals surface area (Å²) in [5.41, 5.74) is 1.57. The minimum atomic E-state index is -1.01. The Balaban J connectivity index is 2.12. The van der Waals surface area contributed by atoms with Gasteiger partial charge >= 0.3 is 5.97 Å². The van der Waals surface area contributed by atoms with Crippen LogP contribution in [0.5, 0.6) is 0 Å². The fraction of sp³-hybridized carbons (Fsp3) is 0.357. The maximum atomic E-state index is 11.9. The molecule has 6 nitrogen and oxygen atoms in total. The van der Waals surface area contributed by atoms with Crippen LogP contribution in [0.1, 0.15) is 29.3 Å². The Labute approximate surface area is 116 Å². The van der Waals surface area contributed by atoms with E-state index in [1.165, 1.54) is 17.0 Å². The van der Waals surface area contributed by atoms with E-state index in [1.807, 2.05) is 6.92 Å². The van der Waals surface area contributed by atoms with Crippen LogP contribution in [0, 0.1) is 0 Å². The van der Waals surface area contributed by atoms with Crippen LogP contribution < -0.4 is 10.2 Å². The van der Waals surface area contributed by atoms with E-state index >= 15 is 0 Å². The number of amides is 2. The van der Waals surface area contributed by atoms with Crippen molar-refractivity contribution in [1.82, 2.24) is 5.32 Å². The van der Waals surface area contributed by atoms with Gasteiger partial charge in [0.05, 0.1) is 12.0 Å². The topological polar surface area (TPSA) is 86.7 Å². The lowest BCUT2D eigenvalue weighted by Crippen LogP contribution is -2.32. The first-order valence-electron chi connectivity index (χ1n) is 6.46. The zero-order valence-corrected chi connectivity index (χ0v) is 11.2. The van der Waals surface area contributed by atoms with Gasteiger partial charge in [-0.2, -0.15) is 0 Å². The van der Waals surface area contributed by atoms with Crippen molar-refractivity contribution in [2.45, 2.75) is 19.8 Å². The molecule has 0 atom stereocenters. The molecule has 0 saturated heterocycles. The minimum Gasteiger partial charge on any atom is -0.478 e. The van der Waals surface area contributed by atoms with Gasteiger partial charge in [0.1, 0.15) is 0 Å². The molecule has 0 bridgehead atoms. The molecule has 0 fully saturated rings. The van der Waals surface area contributed by atoms with Crippen LogP contribution in [0.3, 0.4) is 0 Å². The number of carbonyl (C=O) groups excluding carboxylic acids is 2. The third kappa shape index (κ3) is 2.79. The number of fused-ring (bicyclic) bond motifs is 1. The van der Waals surface area contributed by atoms with E-state index < -0.39 is 5.97 Å². The van der Waals surface area contributed by atoms with Crippen molar-refractivity contribution in [2.24, 2.45) is 0 Å². The molecule has 1 heterocycles. The van der Waals surface area contributed by atoms with E-state index in [1.54, 1.807) is 6.07 Å². The van der Waals surface area contributed by atoms with E-state index in [-0.39, 0.29) is 30.2 Å². The van der Waals surface area contributed by atoms with Gasteiger partial charge in [0.25, 0.3) is 0 Å². The second-order valence-corrected chi connectivity index (χ2v) is 4.57. The number of nitrogens with zero attached hydrogens (tertiary/aromatic N) is 1. The van der Waals surface area contributed by atoms with Crippen molar-refractivity contribution in [1.29, 1.82) is 0 Å². The number of nitrogens with one attached hydrogen (secondary N) is 1. The molecule has 0 unspecified atom stereocenters. The number of benzene rings is 1. The molecule has 2 rings (SSSR count). The summed E-state index contributed by atoms with van der Waals surface area (Å²) in [6.07, 6.45) is 0.422. The van der Waals surface area contributed by atoms with E-state index in [9.17, 15) is 14.4 Å². The van der Waals surface area contributed by atoms with Gasteiger partial charge in [-0.05, 0) is 30.7 Å². The summed E-state index contributed by atoms with van der Waals surface area (Å²) in [4.78, 5) is 35.8. The van der Waals surface area contributed by atoms with Crippen LogP contribution in [0.2, 0.25) is 0 Å². The second-order valence-electron chi connectivity index (χ2n) is 4.57. The zero-order valence-electron chi connectivity index (χ0n) is 11.2. The number of carboxylic acids is 1. The second kappa shape index (κ2) is 5.73. The third-order valence-electron chi connectivity index (χ3n) is 3.20. The van der Waals surface area contributed by atoms with Crippen LogP contribution in [0.15, 0.2) is 18.2 Å². The molecule has 0 aromatic heterocycles. The number of carbonyl (C=O) groups is 3. The Bertz CT molecular complexity index is 568. The van der Waals surface area contributed by atoms with Crippen molar-refractivity contribution in [3.8, 4) is 0 Å². The molecule has 6 heteroatoms. The largest absolute Gasteiger partial charge is 0.478 e. The van der Waals surface area contributed by atoms with Crippen LogP contribution >= 0.6 is 0 Å². The van der Waals surface area contributed by atoms with Gasteiger partial charge in [-0.1, -0.05) is 0 Å². The van der Waals surface area contributed by atoms with Crippen molar-refractivity contribution in [3.63, 3.8) is 0 Å². The van der Waals surface area contributed by atoms with Crippen molar-refractivity contribution < 1.29 is 19.5 Å². The number of anilines is 1. The molecule has 20 heavy (non-hydrogen) atoms. The Hall–Kier alpha value is -2.37. The summed E-state index contributed by atoms with van der Waals surface area (Å²) in [5, 5.41) is 11.6. The van der Waals surface area contributed by atoms with E-state index in [0.29, 0.717) is 24.3 Å². The smallest absolute Gasteiger partial charge is 0.335 e. The molecule has 0 spiro atoms. The highest BCUT2D eigenvalue weighted by Crippen LogP contribution is 2.29. The number of hydrogen-bond acceptors (Lipinski definition) is 3. The SMILES string of the molecule is CCNC(=O)CCN1C(=O)Cc2cc(C(=O)O)ccc21. The summed E-state index contributed by atoms with van der Waals surface area (Å²) in [6, 6.07) is 4.61. The predicted molar refractivity (Wildman–Crippen MR) is 72.8 cm³/mol. The molecule has 0 aliphatic carbocycles. The molecular weight excluding hydrogens is 260 g/mol. The van der Waals surface area contributed by atoms with E-state index in [4.69, 9.17) is 5.11 Å². The average Bonchev–Trinajstić information content (AvgIpc) is 2.71. The van der Waals surface area contributed by atoms with Gasteiger partial charge in [0.15, 0.2) is 0 Å². The molecular formula is C14H16N2O4. The van der Waals surface area contributed by atoms with E-state index in [2.05, 4.69) is 5.32 Å². The first-order chi connectivity index (χ1) is 9.52. The van der Waals surface area contributed by atoms with Crippen molar-refractivity contribution >= 4 is 23.5 Å². The minimum absolute atomic E-state index is 0.101. The van der Waals surface area contributed by atoms with Gasteiger partial charge in [0.2, 0.25) is 11.8 Å². The van der Waals surface area contributed by atoms with Crippen LogP contribution in [0.25, 0.3) is 0 Å². The predicted octanol–water partition coefficient (Wildman–Crippen LogP) is 0.800.